The lowest BCUT2D eigenvalue weighted by Crippen LogP contribution is -2.23. The first-order valence-corrected chi connectivity index (χ1v) is 7.91. The highest BCUT2D eigenvalue weighted by atomic mass is 16.5. The minimum atomic E-state index is 0.0137. The van der Waals surface area contributed by atoms with Gasteiger partial charge in [0.15, 0.2) is 0 Å². The summed E-state index contributed by atoms with van der Waals surface area (Å²) in [7, 11) is 0. The average molecular weight is 254 g/mol. The number of rotatable bonds is 9. The van der Waals surface area contributed by atoms with Gasteiger partial charge in [0.2, 0.25) is 0 Å². The third-order valence-corrected chi connectivity index (χ3v) is 4.13. The smallest absolute Gasteiger partial charge is 0.306 e. The Morgan fingerprint density at radius 2 is 1.94 bits per heavy atom. The summed E-state index contributed by atoms with van der Waals surface area (Å²) in [5.74, 6) is 0.909. The monoisotopic (exact) mass is 254 g/mol. The first-order valence-electron chi connectivity index (χ1n) is 7.91. The molecule has 0 bridgehead atoms. The largest absolute Gasteiger partial charge is 0.462 e. The van der Waals surface area contributed by atoms with E-state index in [1.807, 2.05) is 0 Å². The lowest BCUT2D eigenvalue weighted by atomic mass is 9.99. The number of hydrogen-bond donors (Lipinski definition) is 0. The van der Waals surface area contributed by atoms with Gasteiger partial charge in [-0.25, -0.2) is 0 Å². The Morgan fingerprint density at radius 1 is 1.22 bits per heavy atom. The third-order valence-electron chi connectivity index (χ3n) is 4.13. The lowest BCUT2D eigenvalue weighted by molar-refractivity contribution is -0.154. The van der Waals surface area contributed by atoms with Crippen molar-refractivity contribution in [2.75, 3.05) is 0 Å². The van der Waals surface area contributed by atoms with Crippen molar-refractivity contribution < 1.29 is 9.53 Å². The molecule has 2 heteroatoms. The van der Waals surface area contributed by atoms with E-state index >= 15 is 0 Å². The van der Waals surface area contributed by atoms with Crippen LogP contribution in [0.2, 0.25) is 0 Å². The molecule has 1 saturated heterocycles. The minimum absolute atomic E-state index is 0.0137. The molecule has 0 aromatic rings. The highest BCUT2D eigenvalue weighted by Crippen LogP contribution is 2.20. The molecule has 18 heavy (non-hydrogen) atoms. The molecule has 0 aromatic heterocycles. The van der Waals surface area contributed by atoms with Crippen molar-refractivity contribution in [3.8, 4) is 0 Å². The summed E-state index contributed by atoms with van der Waals surface area (Å²) in [6.45, 7) is 4.62. The van der Waals surface area contributed by atoms with E-state index in [-0.39, 0.29) is 12.1 Å². The maximum Gasteiger partial charge on any atom is 0.306 e. The minimum Gasteiger partial charge on any atom is -0.462 e. The standard InChI is InChI=1S/C16H30O2/c1-3-14(2)10-7-5-4-6-8-11-15-12-9-13-16(17)18-15/h14-15H,3-13H2,1-2H3. The van der Waals surface area contributed by atoms with E-state index in [2.05, 4.69) is 13.8 Å². The van der Waals surface area contributed by atoms with Gasteiger partial charge in [-0.1, -0.05) is 52.4 Å². The van der Waals surface area contributed by atoms with Crippen LogP contribution in [0.4, 0.5) is 0 Å². The zero-order valence-electron chi connectivity index (χ0n) is 12.2. The summed E-state index contributed by atoms with van der Waals surface area (Å²) in [6.07, 6.45) is 13.4. The van der Waals surface area contributed by atoms with Crippen LogP contribution < -0.4 is 0 Å². The molecule has 0 spiro atoms. The quantitative estimate of drug-likeness (QED) is 0.434. The van der Waals surface area contributed by atoms with E-state index in [0.29, 0.717) is 6.42 Å². The molecule has 0 aromatic carbocycles. The third kappa shape index (κ3) is 7.03. The summed E-state index contributed by atoms with van der Waals surface area (Å²) in [5.41, 5.74) is 0. The molecule has 2 atom stereocenters. The maximum atomic E-state index is 11.1. The van der Waals surface area contributed by atoms with Crippen LogP contribution in [0, 0.1) is 5.92 Å². The van der Waals surface area contributed by atoms with E-state index in [0.717, 1.165) is 25.2 Å². The molecule has 0 amide bonds. The molecule has 2 nitrogen and oxygen atoms in total. The molecule has 1 rings (SSSR count). The Bertz CT molecular complexity index is 225. The zero-order chi connectivity index (χ0) is 13.2. The second kappa shape index (κ2) is 9.41. The van der Waals surface area contributed by atoms with Gasteiger partial charge < -0.3 is 4.74 Å². The summed E-state index contributed by atoms with van der Waals surface area (Å²) in [4.78, 5) is 11.1. The van der Waals surface area contributed by atoms with Crippen molar-refractivity contribution in [1.29, 1.82) is 0 Å². The molecular weight excluding hydrogens is 224 g/mol. The van der Waals surface area contributed by atoms with E-state index in [4.69, 9.17) is 4.74 Å². The van der Waals surface area contributed by atoms with Crippen LogP contribution in [0.15, 0.2) is 0 Å². The SMILES string of the molecule is CCC(C)CCCCCCCC1CCCC(=O)O1. The van der Waals surface area contributed by atoms with Crippen LogP contribution in [-0.4, -0.2) is 12.1 Å². The fourth-order valence-corrected chi connectivity index (χ4v) is 2.58. The van der Waals surface area contributed by atoms with E-state index in [9.17, 15) is 4.79 Å². The summed E-state index contributed by atoms with van der Waals surface area (Å²) in [6, 6.07) is 0. The predicted molar refractivity (Wildman–Crippen MR) is 75.5 cm³/mol. The molecule has 1 aliphatic rings. The van der Waals surface area contributed by atoms with E-state index in [1.54, 1.807) is 0 Å². The van der Waals surface area contributed by atoms with Crippen LogP contribution in [0.5, 0.6) is 0 Å². The summed E-state index contributed by atoms with van der Waals surface area (Å²) in [5, 5.41) is 0. The van der Waals surface area contributed by atoms with Gasteiger partial charge in [-0.05, 0) is 31.6 Å². The highest BCUT2D eigenvalue weighted by molar-refractivity contribution is 5.70. The number of ether oxygens (including phenoxy) is 1. The Kier molecular flexibility index (Phi) is 8.11. The molecule has 1 heterocycles. The molecule has 2 unspecified atom stereocenters. The fourth-order valence-electron chi connectivity index (χ4n) is 2.58. The maximum absolute atomic E-state index is 11.1. The lowest BCUT2D eigenvalue weighted by Gasteiger charge is -2.22. The molecule has 106 valence electrons. The van der Waals surface area contributed by atoms with Crippen molar-refractivity contribution in [2.24, 2.45) is 5.92 Å². The molecule has 0 N–H and O–H groups in total. The van der Waals surface area contributed by atoms with Gasteiger partial charge in [0, 0.05) is 6.42 Å². The van der Waals surface area contributed by atoms with Gasteiger partial charge in [-0.3, -0.25) is 4.79 Å². The number of carbonyl (C=O) groups is 1. The van der Waals surface area contributed by atoms with Gasteiger partial charge in [0.1, 0.15) is 6.10 Å². The predicted octanol–water partition coefficient (Wildman–Crippen LogP) is 4.86. The molecule has 0 aliphatic carbocycles. The van der Waals surface area contributed by atoms with Crippen LogP contribution in [-0.2, 0) is 9.53 Å². The van der Waals surface area contributed by atoms with Crippen molar-refractivity contribution in [3.63, 3.8) is 0 Å². The van der Waals surface area contributed by atoms with Crippen molar-refractivity contribution in [2.45, 2.75) is 90.6 Å². The first-order chi connectivity index (χ1) is 8.72. The van der Waals surface area contributed by atoms with Gasteiger partial charge in [0.05, 0.1) is 0 Å². The fraction of sp³-hybridized carbons (Fsp3) is 0.938. The van der Waals surface area contributed by atoms with Crippen molar-refractivity contribution >= 4 is 5.97 Å². The summed E-state index contributed by atoms with van der Waals surface area (Å²) < 4.78 is 5.32. The van der Waals surface area contributed by atoms with Crippen molar-refractivity contribution in [3.05, 3.63) is 0 Å². The van der Waals surface area contributed by atoms with Crippen LogP contribution in [0.25, 0.3) is 0 Å². The topological polar surface area (TPSA) is 26.3 Å². The molecule has 1 aliphatic heterocycles. The van der Waals surface area contributed by atoms with Crippen LogP contribution >= 0.6 is 0 Å². The number of hydrogen-bond acceptors (Lipinski definition) is 2. The van der Waals surface area contributed by atoms with Gasteiger partial charge in [-0.15, -0.1) is 0 Å². The van der Waals surface area contributed by atoms with E-state index in [1.165, 1.54) is 44.9 Å². The zero-order valence-corrected chi connectivity index (χ0v) is 12.2. The van der Waals surface area contributed by atoms with Gasteiger partial charge in [0.25, 0.3) is 0 Å². The Hall–Kier alpha value is -0.530. The molecule has 0 radical (unpaired) electrons. The molecule has 0 saturated carbocycles. The summed E-state index contributed by atoms with van der Waals surface area (Å²) >= 11 is 0. The second-order valence-corrected chi connectivity index (χ2v) is 5.86. The number of esters is 1. The number of unbranched alkanes of at least 4 members (excludes halogenated alkanes) is 4. The molecular formula is C16H30O2. The Labute approximate surface area is 112 Å². The second-order valence-electron chi connectivity index (χ2n) is 5.86. The highest BCUT2D eigenvalue weighted by Gasteiger charge is 2.19. The Balaban J connectivity index is 1.88. The van der Waals surface area contributed by atoms with Crippen LogP contribution in [0.3, 0.4) is 0 Å². The average Bonchev–Trinajstić information content (AvgIpc) is 2.37. The Morgan fingerprint density at radius 3 is 2.67 bits per heavy atom. The van der Waals surface area contributed by atoms with Crippen molar-refractivity contribution in [1.82, 2.24) is 0 Å². The van der Waals surface area contributed by atoms with Crippen LogP contribution in [0.1, 0.15) is 84.5 Å². The first kappa shape index (κ1) is 15.5. The van der Waals surface area contributed by atoms with E-state index < -0.39 is 0 Å². The normalized spacial score (nSPS) is 21.7. The molecule has 1 fully saturated rings. The van der Waals surface area contributed by atoms with Gasteiger partial charge in [-0.2, -0.15) is 0 Å². The number of carbonyl (C=O) groups excluding carboxylic acids is 1. The number of cyclic esters (lactones) is 1. The van der Waals surface area contributed by atoms with Gasteiger partial charge >= 0.3 is 5.97 Å².